The van der Waals surface area contributed by atoms with Gasteiger partial charge in [-0.3, -0.25) is 0 Å². The second kappa shape index (κ2) is 14.6. The highest BCUT2D eigenvalue weighted by atomic mass is 14.7. The van der Waals surface area contributed by atoms with Crippen LogP contribution in [0.5, 0.6) is 0 Å². The molecule has 0 atom stereocenters. The molecule has 0 bridgehead atoms. The van der Waals surface area contributed by atoms with E-state index in [4.69, 9.17) is 4.98 Å². The zero-order chi connectivity index (χ0) is 42.1. The van der Waals surface area contributed by atoms with E-state index in [1.165, 1.54) is 93.5 Å². The van der Waals surface area contributed by atoms with Crippen molar-refractivity contribution in [2.75, 3.05) is 0 Å². The molecule has 10 aromatic carbocycles. The van der Waals surface area contributed by atoms with Gasteiger partial charge in [0.15, 0.2) is 0 Å². The fourth-order valence-corrected chi connectivity index (χ4v) is 10.4. The van der Waals surface area contributed by atoms with Crippen molar-refractivity contribution >= 4 is 32.3 Å². The van der Waals surface area contributed by atoms with Crippen LogP contribution in [0.3, 0.4) is 0 Å². The van der Waals surface area contributed by atoms with Gasteiger partial charge in [0, 0.05) is 16.5 Å². The molecule has 0 fully saturated rings. The van der Waals surface area contributed by atoms with E-state index in [1.807, 2.05) is 0 Å². The van der Waals surface area contributed by atoms with Gasteiger partial charge in [-0.1, -0.05) is 226 Å². The number of benzene rings is 10. The van der Waals surface area contributed by atoms with Crippen molar-refractivity contribution in [3.05, 3.63) is 236 Å². The number of fused-ring (bicyclic) bond motifs is 6. The smallest absolute Gasteiger partial charge is 0.0715 e. The highest BCUT2D eigenvalue weighted by molar-refractivity contribution is 6.10. The minimum absolute atomic E-state index is 0.0962. The van der Waals surface area contributed by atoms with Crippen LogP contribution in [0.15, 0.2) is 224 Å². The van der Waals surface area contributed by atoms with Crippen LogP contribution in [0, 0.1) is 0 Å². The van der Waals surface area contributed by atoms with Crippen LogP contribution in [0.4, 0.5) is 0 Å². The van der Waals surface area contributed by atoms with Gasteiger partial charge in [-0.25, -0.2) is 4.98 Å². The Morgan fingerprint density at radius 3 is 1.35 bits per heavy atom. The summed E-state index contributed by atoms with van der Waals surface area (Å²) in [5, 5.41) is 7.45. The maximum Gasteiger partial charge on any atom is 0.0715 e. The molecule has 1 nitrogen and oxygen atoms in total. The van der Waals surface area contributed by atoms with Crippen LogP contribution in [0.1, 0.15) is 25.0 Å². The Bertz CT molecular complexity index is 3560. The summed E-state index contributed by atoms with van der Waals surface area (Å²) in [4.78, 5) is 5.44. The lowest BCUT2D eigenvalue weighted by atomic mass is 9.79. The Kier molecular flexibility index (Phi) is 8.59. The summed E-state index contributed by atoms with van der Waals surface area (Å²) in [5.41, 5.74) is 19.1. The van der Waals surface area contributed by atoms with Crippen molar-refractivity contribution in [1.29, 1.82) is 0 Å². The largest absolute Gasteiger partial charge is 0.248 e. The Morgan fingerprint density at radius 2 is 0.683 bits per heavy atom. The molecule has 1 aliphatic rings. The maximum atomic E-state index is 5.44. The third kappa shape index (κ3) is 6.11. The second-order valence-electron chi connectivity index (χ2n) is 17.4. The molecule has 11 aromatic rings. The lowest BCUT2D eigenvalue weighted by Gasteiger charge is -2.24. The lowest BCUT2D eigenvalue weighted by molar-refractivity contribution is 0.662. The summed E-state index contributed by atoms with van der Waals surface area (Å²) in [6, 6.07) is 82.2. The number of nitrogens with zero attached hydrogens (tertiary/aromatic N) is 1. The zero-order valence-electron chi connectivity index (χ0n) is 35.3. The van der Waals surface area contributed by atoms with E-state index in [1.54, 1.807) is 0 Å². The monoisotopic (exact) mass is 801 g/mol. The van der Waals surface area contributed by atoms with E-state index in [0.717, 1.165) is 28.1 Å². The van der Waals surface area contributed by atoms with Crippen LogP contribution in [0.25, 0.3) is 110 Å². The molecule has 296 valence electrons. The molecule has 1 aromatic heterocycles. The van der Waals surface area contributed by atoms with Gasteiger partial charge in [-0.15, -0.1) is 0 Å². The van der Waals surface area contributed by atoms with Crippen molar-refractivity contribution in [3.8, 4) is 78.1 Å². The van der Waals surface area contributed by atoms with Crippen molar-refractivity contribution in [2.24, 2.45) is 0 Å². The maximum absolute atomic E-state index is 5.44. The van der Waals surface area contributed by atoms with E-state index < -0.39 is 0 Å². The van der Waals surface area contributed by atoms with Gasteiger partial charge in [0.25, 0.3) is 0 Å². The first-order valence-corrected chi connectivity index (χ1v) is 21.9. The summed E-state index contributed by atoms with van der Waals surface area (Å²) in [5.74, 6) is 0. The van der Waals surface area contributed by atoms with Crippen molar-refractivity contribution in [1.82, 2.24) is 4.98 Å². The molecule has 1 heteroatoms. The van der Waals surface area contributed by atoms with Gasteiger partial charge < -0.3 is 0 Å². The summed E-state index contributed by atoms with van der Waals surface area (Å²) in [7, 11) is 0. The van der Waals surface area contributed by atoms with E-state index in [0.29, 0.717) is 0 Å². The van der Waals surface area contributed by atoms with Gasteiger partial charge in [0.2, 0.25) is 0 Å². The Morgan fingerprint density at radius 1 is 0.286 bits per heavy atom. The number of hydrogen-bond acceptors (Lipinski definition) is 1. The van der Waals surface area contributed by atoms with Crippen molar-refractivity contribution in [3.63, 3.8) is 0 Å². The van der Waals surface area contributed by atoms with E-state index in [-0.39, 0.29) is 5.41 Å². The van der Waals surface area contributed by atoms with E-state index >= 15 is 0 Å². The van der Waals surface area contributed by atoms with Crippen LogP contribution < -0.4 is 0 Å². The van der Waals surface area contributed by atoms with Crippen LogP contribution in [0.2, 0.25) is 0 Å². The average Bonchev–Trinajstić information content (AvgIpc) is 3.59. The molecule has 0 saturated carbocycles. The molecule has 63 heavy (non-hydrogen) atoms. The highest BCUT2D eigenvalue weighted by Gasteiger charge is 2.37. The molecule has 0 spiro atoms. The summed E-state index contributed by atoms with van der Waals surface area (Å²) < 4.78 is 0. The number of rotatable bonds is 6. The van der Waals surface area contributed by atoms with Crippen LogP contribution >= 0.6 is 0 Å². The predicted molar refractivity (Wildman–Crippen MR) is 267 cm³/mol. The number of aromatic nitrogens is 1. The summed E-state index contributed by atoms with van der Waals surface area (Å²) in [6.07, 6.45) is 0. The van der Waals surface area contributed by atoms with E-state index in [9.17, 15) is 0 Å². The first kappa shape index (κ1) is 36.9. The summed E-state index contributed by atoms with van der Waals surface area (Å²) in [6.45, 7) is 4.72. The minimum atomic E-state index is -0.0962. The van der Waals surface area contributed by atoms with Gasteiger partial charge in [-0.05, 0) is 111 Å². The van der Waals surface area contributed by atoms with Crippen LogP contribution in [-0.4, -0.2) is 4.98 Å². The Balaban J connectivity index is 0.997. The number of pyridine rings is 1. The van der Waals surface area contributed by atoms with Crippen molar-refractivity contribution in [2.45, 2.75) is 19.3 Å². The Hall–Kier alpha value is -7.87. The molecular formula is C62H43N. The molecule has 0 unspecified atom stereocenters. The quantitative estimate of drug-likeness (QED) is 0.163. The molecule has 12 rings (SSSR count). The standard InChI is InChI=1S/C62H43N/c1-62(2)58-27-10-9-22-56(58)57-26-13-24-51(61(57)62)43-30-34-45(35-31-43)60-39-46(38-59(63-60)44-32-28-42(29-33-44)48-23-11-16-40-14-3-5-18-47(40)48)50-36-37-55(54-21-8-7-20-52(50)54)53-25-12-17-41-15-4-6-19-49(41)53/h3-39H,1-2H3. The third-order valence-corrected chi connectivity index (χ3v) is 13.5. The lowest BCUT2D eigenvalue weighted by Crippen LogP contribution is -2.16. The topological polar surface area (TPSA) is 12.9 Å². The fourth-order valence-electron chi connectivity index (χ4n) is 10.4. The molecule has 0 aliphatic heterocycles. The van der Waals surface area contributed by atoms with Gasteiger partial charge in [0.1, 0.15) is 0 Å². The first-order valence-electron chi connectivity index (χ1n) is 21.9. The van der Waals surface area contributed by atoms with Crippen molar-refractivity contribution < 1.29 is 0 Å². The molecule has 0 N–H and O–H groups in total. The minimum Gasteiger partial charge on any atom is -0.248 e. The second-order valence-corrected chi connectivity index (χ2v) is 17.4. The average molecular weight is 802 g/mol. The van der Waals surface area contributed by atoms with Gasteiger partial charge in [0.05, 0.1) is 11.4 Å². The SMILES string of the molecule is CC1(C)c2ccccc2-c2cccc(-c3ccc(-c4cc(-c5ccc(-c6cccc7ccccc67)c6ccccc56)cc(-c5ccc(-c6cccc7ccccc67)cc5)n4)cc3)c21. The zero-order valence-corrected chi connectivity index (χ0v) is 35.3. The molecule has 1 aliphatic carbocycles. The van der Waals surface area contributed by atoms with E-state index in [2.05, 4.69) is 238 Å². The molecule has 0 radical (unpaired) electrons. The summed E-state index contributed by atoms with van der Waals surface area (Å²) >= 11 is 0. The fraction of sp³-hybridized carbons (Fsp3) is 0.0484. The predicted octanol–water partition coefficient (Wildman–Crippen LogP) is 16.8. The molecule has 0 saturated heterocycles. The molecule has 0 amide bonds. The normalized spacial score (nSPS) is 12.7. The molecular weight excluding hydrogens is 759 g/mol. The highest BCUT2D eigenvalue weighted by Crippen LogP contribution is 2.52. The van der Waals surface area contributed by atoms with Gasteiger partial charge >= 0.3 is 0 Å². The molecule has 1 heterocycles. The van der Waals surface area contributed by atoms with Crippen LogP contribution in [-0.2, 0) is 5.41 Å². The third-order valence-electron chi connectivity index (χ3n) is 13.5. The Labute approximate surface area is 368 Å². The first-order chi connectivity index (χ1) is 31.0. The number of hydrogen-bond donors (Lipinski definition) is 0. The van der Waals surface area contributed by atoms with Gasteiger partial charge in [-0.2, -0.15) is 0 Å².